The van der Waals surface area contributed by atoms with Crippen LogP contribution in [0, 0.1) is 0 Å². The van der Waals surface area contributed by atoms with Gasteiger partial charge in [-0.05, 0) is 24.1 Å². The number of aliphatic hydroxyl groups is 1. The number of benzene rings is 1. The Morgan fingerprint density at radius 3 is 2.76 bits per heavy atom. The highest BCUT2D eigenvalue weighted by Crippen LogP contribution is 2.40. The van der Waals surface area contributed by atoms with Crippen molar-refractivity contribution in [2.24, 2.45) is 0 Å². The number of halogens is 3. The van der Waals surface area contributed by atoms with Gasteiger partial charge in [-0.2, -0.15) is 13.2 Å². The van der Waals surface area contributed by atoms with Crippen LogP contribution in [0.1, 0.15) is 29.3 Å². The van der Waals surface area contributed by atoms with Crippen molar-refractivity contribution in [3.05, 3.63) is 59.4 Å². The molecule has 1 fully saturated rings. The normalized spacial score (nSPS) is 21.5. The van der Waals surface area contributed by atoms with Gasteiger partial charge in [0, 0.05) is 31.4 Å². The summed E-state index contributed by atoms with van der Waals surface area (Å²) in [5.74, 6) is 0.636. The van der Waals surface area contributed by atoms with Gasteiger partial charge in [-0.3, -0.25) is 9.88 Å². The van der Waals surface area contributed by atoms with E-state index < -0.39 is 23.9 Å². The number of nitrogens with zero attached hydrogens (tertiary/aromatic N) is 2. The van der Waals surface area contributed by atoms with Crippen molar-refractivity contribution >= 4 is 0 Å². The molecule has 0 bridgehead atoms. The van der Waals surface area contributed by atoms with Crippen LogP contribution in [0.3, 0.4) is 0 Å². The lowest BCUT2D eigenvalue weighted by Gasteiger charge is -2.26. The molecule has 4 nitrogen and oxygen atoms in total. The number of aliphatic hydroxyl groups excluding tert-OH is 1. The molecule has 0 saturated carbocycles. The Labute approximate surface area is 143 Å². The first-order chi connectivity index (χ1) is 11.9. The average molecular weight is 352 g/mol. The van der Waals surface area contributed by atoms with Gasteiger partial charge in [0.15, 0.2) is 0 Å². The van der Waals surface area contributed by atoms with E-state index >= 15 is 0 Å². The lowest BCUT2D eigenvalue weighted by Crippen LogP contribution is -2.26. The number of β-amino-alcohol motifs (C(OH)–C–C–N with tert-alkyl or cyclic N) is 1. The van der Waals surface area contributed by atoms with E-state index in [2.05, 4.69) is 4.98 Å². The molecule has 1 aromatic carbocycles. The van der Waals surface area contributed by atoms with E-state index in [1.54, 1.807) is 31.5 Å². The Balaban J connectivity index is 1.90. The first kappa shape index (κ1) is 17.7. The maximum absolute atomic E-state index is 13.3. The fraction of sp³-hybridized carbons (Fsp3) is 0.389. The second-order valence-corrected chi connectivity index (χ2v) is 6.11. The highest BCUT2D eigenvalue weighted by Gasteiger charge is 2.39. The number of methoxy groups -OCH3 is 1. The van der Waals surface area contributed by atoms with E-state index in [9.17, 15) is 18.3 Å². The summed E-state index contributed by atoms with van der Waals surface area (Å²) >= 11 is 0. The molecule has 3 rings (SSSR count). The van der Waals surface area contributed by atoms with Crippen molar-refractivity contribution < 1.29 is 23.0 Å². The largest absolute Gasteiger partial charge is 0.497 e. The van der Waals surface area contributed by atoms with Gasteiger partial charge >= 0.3 is 6.18 Å². The van der Waals surface area contributed by atoms with Gasteiger partial charge in [0.25, 0.3) is 0 Å². The van der Waals surface area contributed by atoms with E-state index in [0.29, 0.717) is 24.5 Å². The van der Waals surface area contributed by atoms with Crippen LogP contribution in [0.15, 0.2) is 42.6 Å². The number of aromatic nitrogens is 1. The minimum absolute atomic E-state index is 0.189. The molecule has 2 aromatic rings. The highest BCUT2D eigenvalue weighted by molar-refractivity contribution is 5.33. The zero-order valence-electron chi connectivity index (χ0n) is 13.7. The summed E-state index contributed by atoms with van der Waals surface area (Å²) in [6.07, 6.45) is -3.24. The third-order valence-corrected chi connectivity index (χ3v) is 4.40. The molecule has 0 radical (unpaired) electrons. The van der Waals surface area contributed by atoms with Gasteiger partial charge in [0.05, 0.1) is 24.5 Å². The van der Waals surface area contributed by atoms with Crippen LogP contribution in [-0.4, -0.2) is 34.7 Å². The van der Waals surface area contributed by atoms with E-state index in [1.807, 2.05) is 4.90 Å². The maximum atomic E-state index is 13.3. The predicted octanol–water partition coefficient (Wildman–Crippen LogP) is 3.42. The van der Waals surface area contributed by atoms with Crippen molar-refractivity contribution in [3.8, 4) is 5.75 Å². The molecule has 7 heteroatoms. The van der Waals surface area contributed by atoms with Crippen molar-refractivity contribution in [1.29, 1.82) is 0 Å². The molecule has 0 spiro atoms. The van der Waals surface area contributed by atoms with Crippen molar-refractivity contribution in [3.63, 3.8) is 0 Å². The molecular weight excluding hydrogens is 333 g/mol. The summed E-state index contributed by atoms with van der Waals surface area (Å²) in [5, 5.41) is 10.0. The molecule has 0 amide bonds. The molecule has 1 aromatic heterocycles. The summed E-state index contributed by atoms with van der Waals surface area (Å²) in [4.78, 5) is 6.08. The Morgan fingerprint density at radius 2 is 2.04 bits per heavy atom. The van der Waals surface area contributed by atoms with Gasteiger partial charge < -0.3 is 9.84 Å². The van der Waals surface area contributed by atoms with Crippen LogP contribution in [0.4, 0.5) is 13.2 Å². The Bertz CT molecular complexity index is 736. The average Bonchev–Trinajstić information content (AvgIpc) is 2.94. The number of hydrogen-bond donors (Lipinski definition) is 1. The summed E-state index contributed by atoms with van der Waals surface area (Å²) in [6.45, 7) is 0.640. The van der Waals surface area contributed by atoms with Crippen LogP contribution in [0.5, 0.6) is 5.75 Å². The lowest BCUT2D eigenvalue weighted by atomic mass is 9.97. The van der Waals surface area contributed by atoms with Gasteiger partial charge in [-0.15, -0.1) is 0 Å². The Hall–Kier alpha value is -2.12. The minimum Gasteiger partial charge on any atom is -0.497 e. The monoisotopic (exact) mass is 352 g/mol. The third kappa shape index (κ3) is 3.93. The molecule has 1 aliphatic heterocycles. The first-order valence-electron chi connectivity index (χ1n) is 7.95. The third-order valence-electron chi connectivity index (χ3n) is 4.40. The molecule has 0 unspecified atom stereocenters. The van der Waals surface area contributed by atoms with E-state index in [0.717, 1.165) is 6.07 Å². The summed E-state index contributed by atoms with van der Waals surface area (Å²) in [7, 11) is 1.54. The molecule has 1 saturated heterocycles. The molecule has 1 N–H and O–H groups in total. The summed E-state index contributed by atoms with van der Waals surface area (Å²) < 4.78 is 45.2. The van der Waals surface area contributed by atoms with Crippen LogP contribution >= 0.6 is 0 Å². The minimum atomic E-state index is -4.43. The van der Waals surface area contributed by atoms with Gasteiger partial charge in [-0.1, -0.05) is 18.2 Å². The van der Waals surface area contributed by atoms with Crippen LogP contribution in [-0.2, 0) is 12.7 Å². The van der Waals surface area contributed by atoms with Crippen molar-refractivity contribution in [2.75, 3.05) is 13.7 Å². The predicted molar refractivity (Wildman–Crippen MR) is 86.0 cm³/mol. The van der Waals surface area contributed by atoms with Crippen LogP contribution < -0.4 is 4.74 Å². The smallest absolute Gasteiger partial charge is 0.416 e. The second-order valence-electron chi connectivity index (χ2n) is 6.11. The van der Waals surface area contributed by atoms with E-state index in [1.165, 1.54) is 12.1 Å². The Morgan fingerprint density at radius 1 is 1.28 bits per heavy atom. The van der Waals surface area contributed by atoms with E-state index in [4.69, 9.17) is 4.74 Å². The molecule has 134 valence electrons. The number of likely N-dealkylation sites (tertiary alicyclic amines) is 1. The molecule has 1 aliphatic rings. The topological polar surface area (TPSA) is 45.6 Å². The van der Waals surface area contributed by atoms with Crippen LogP contribution in [0.25, 0.3) is 0 Å². The standard InChI is InChI=1S/C18H19F3N2O2/c1-25-14-6-7-22-12(8-14)10-23-11-13(24)9-17(23)15-4-2-3-5-16(15)18(19,20)21/h2-8,13,17,24H,9-11H2,1H3/t13-,17+/m1/s1. The number of alkyl halides is 3. The maximum Gasteiger partial charge on any atom is 0.416 e. The second kappa shape index (κ2) is 7.01. The van der Waals surface area contributed by atoms with E-state index in [-0.39, 0.29) is 12.0 Å². The van der Waals surface area contributed by atoms with Gasteiger partial charge in [0.2, 0.25) is 0 Å². The zero-order chi connectivity index (χ0) is 18.0. The number of pyridine rings is 1. The van der Waals surface area contributed by atoms with Crippen molar-refractivity contribution in [1.82, 2.24) is 9.88 Å². The number of rotatable bonds is 4. The van der Waals surface area contributed by atoms with Crippen molar-refractivity contribution in [2.45, 2.75) is 31.3 Å². The SMILES string of the molecule is COc1ccnc(CN2C[C@H](O)C[C@H]2c2ccccc2C(F)(F)F)c1. The number of ether oxygens (including phenoxy) is 1. The summed E-state index contributed by atoms with van der Waals surface area (Å²) in [6, 6.07) is 8.49. The fourth-order valence-corrected chi connectivity index (χ4v) is 3.30. The Kier molecular flexibility index (Phi) is 4.96. The number of hydrogen-bond acceptors (Lipinski definition) is 4. The first-order valence-corrected chi connectivity index (χ1v) is 7.95. The quantitative estimate of drug-likeness (QED) is 0.916. The zero-order valence-corrected chi connectivity index (χ0v) is 13.7. The molecular formula is C18H19F3N2O2. The molecule has 25 heavy (non-hydrogen) atoms. The molecule has 2 heterocycles. The van der Waals surface area contributed by atoms with Crippen LogP contribution in [0.2, 0.25) is 0 Å². The van der Waals surface area contributed by atoms with Gasteiger partial charge in [0.1, 0.15) is 5.75 Å². The highest BCUT2D eigenvalue weighted by atomic mass is 19.4. The molecule has 0 aliphatic carbocycles. The molecule has 2 atom stereocenters. The lowest BCUT2D eigenvalue weighted by molar-refractivity contribution is -0.138. The summed E-state index contributed by atoms with van der Waals surface area (Å²) in [5.41, 5.74) is 0.218. The van der Waals surface area contributed by atoms with Gasteiger partial charge in [-0.25, -0.2) is 0 Å². The fourth-order valence-electron chi connectivity index (χ4n) is 3.30.